The molecule has 2 aromatic heterocycles. The average molecular weight is 316 g/mol. The molecule has 1 N–H and O–H groups in total. The summed E-state index contributed by atoms with van der Waals surface area (Å²) in [5, 5.41) is 3.44. The molecule has 3 heterocycles. The van der Waals surface area contributed by atoms with E-state index in [1.807, 2.05) is 54.6 Å². The van der Waals surface area contributed by atoms with E-state index in [-0.39, 0.29) is 12.1 Å². The highest BCUT2D eigenvalue weighted by molar-refractivity contribution is 6.01. The van der Waals surface area contributed by atoms with E-state index in [1.54, 1.807) is 23.5 Å². The smallest absolute Gasteiger partial charge is 0.258 e. The minimum absolute atomic E-state index is 0.0103. The maximum absolute atomic E-state index is 13.0. The van der Waals surface area contributed by atoms with Gasteiger partial charge in [-0.3, -0.25) is 14.8 Å². The molecule has 24 heavy (non-hydrogen) atoms. The molecular weight excluding hydrogens is 300 g/mol. The van der Waals surface area contributed by atoms with Gasteiger partial charge in [0, 0.05) is 30.8 Å². The molecule has 5 heteroatoms. The zero-order valence-corrected chi connectivity index (χ0v) is 13.0. The van der Waals surface area contributed by atoms with Crippen molar-refractivity contribution in [1.82, 2.24) is 14.9 Å². The zero-order chi connectivity index (χ0) is 16.4. The van der Waals surface area contributed by atoms with Crippen LogP contribution in [0.2, 0.25) is 0 Å². The number of nitrogens with zero attached hydrogens (tertiary/aromatic N) is 3. The SMILES string of the molecule is O=C1c2ccccc2N[C@H](c2ccccn2)N1Cc1cccnc1. The molecule has 3 aromatic rings. The van der Waals surface area contributed by atoms with E-state index in [2.05, 4.69) is 15.3 Å². The van der Waals surface area contributed by atoms with Crippen LogP contribution in [0.25, 0.3) is 0 Å². The third-order valence-corrected chi connectivity index (χ3v) is 4.07. The van der Waals surface area contributed by atoms with Gasteiger partial charge < -0.3 is 10.2 Å². The van der Waals surface area contributed by atoms with Gasteiger partial charge in [0.2, 0.25) is 0 Å². The van der Waals surface area contributed by atoms with Crippen LogP contribution in [0.1, 0.15) is 27.8 Å². The van der Waals surface area contributed by atoms with Crippen LogP contribution in [0.3, 0.4) is 0 Å². The van der Waals surface area contributed by atoms with Gasteiger partial charge in [-0.2, -0.15) is 0 Å². The fraction of sp³-hybridized carbons (Fsp3) is 0.105. The topological polar surface area (TPSA) is 58.1 Å². The normalized spacial score (nSPS) is 16.4. The fourth-order valence-corrected chi connectivity index (χ4v) is 2.92. The number of benzene rings is 1. The Labute approximate surface area is 140 Å². The van der Waals surface area contributed by atoms with E-state index >= 15 is 0 Å². The quantitative estimate of drug-likeness (QED) is 0.806. The van der Waals surface area contributed by atoms with E-state index < -0.39 is 0 Å². The number of rotatable bonds is 3. The van der Waals surface area contributed by atoms with Crippen LogP contribution in [0, 0.1) is 0 Å². The van der Waals surface area contributed by atoms with E-state index in [0.717, 1.165) is 16.9 Å². The molecule has 0 spiro atoms. The Morgan fingerprint density at radius 1 is 1.00 bits per heavy atom. The highest BCUT2D eigenvalue weighted by Crippen LogP contribution is 2.33. The number of carbonyl (C=O) groups excluding carboxylic acids is 1. The van der Waals surface area contributed by atoms with Gasteiger partial charge in [-0.15, -0.1) is 0 Å². The Morgan fingerprint density at radius 3 is 2.67 bits per heavy atom. The molecule has 0 saturated carbocycles. The Balaban J connectivity index is 1.76. The molecule has 1 amide bonds. The maximum atomic E-state index is 13.0. The number of carbonyl (C=O) groups is 1. The number of fused-ring (bicyclic) bond motifs is 1. The lowest BCUT2D eigenvalue weighted by molar-refractivity contribution is 0.0662. The van der Waals surface area contributed by atoms with Crippen molar-refractivity contribution in [2.24, 2.45) is 0 Å². The fourth-order valence-electron chi connectivity index (χ4n) is 2.92. The lowest BCUT2D eigenvalue weighted by atomic mass is 10.1. The summed E-state index contributed by atoms with van der Waals surface area (Å²) in [5.74, 6) is -0.0103. The summed E-state index contributed by atoms with van der Waals surface area (Å²) in [6, 6.07) is 17.1. The zero-order valence-electron chi connectivity index (χ0n) is 13.0. The van der Waals surface area contributed by atoms with E-state index in [9.17, 15) is 4.79 Å². The van der Waals surface area contributed by atoms with Crippen LogP contribution < -0.4 is 5.32 Å². The minimum Gasteiger partial charge on any atom is -0.359 e. The predicted molar refractivity (Wildman–Crippen MR) is 91.2 cm³/mol. The lowest BCUT2D eigenvalue weighted by Gasteiger charge is -2.37. The van der Waals surface area contributed by atoms with Gasteiger partial charge in [0.25, 0.3) is 5.91 Å². The Hall–Kier alpha value is -3.21. The first-order chi connectivity index (χ1) is 11.8. The first kappa shape index (κ1) is 14.4. The first-order valence-electron chi connectivity index (χ1n) is 7.79. The third kappa shape index (κ3) is 2.60. The molecule has 1 aliphatic heterocycles. The number of hydrogen-bond acceptors (Lipinski definition) is 4. The second-order valence-electron chi connectivity index (χ2n) is 5.64. The van der Waals surface area contributed by atoms with Crippen LogP contribution in [0.15, 0.2) is 73.2 Å². The van der Waals surface area contributed by atoms with Gasteiger partial charge in [-0.25, -0.2) is 0 Å². The van der Waals surface area contributed by atoms with Crippen molar-refractivity contribution in [2.45, 2.75) is 12.7 Å². The summed E-state index contributed by atoms with van der Waals surface area (Å²) in [6.45, 7) is 0.468. The molecule has 0 unspecified atom stereocenters. The maximum Gasteiger partial charge on any atom is 0.258 e. The van der Waals surface area contributed by atoms with Crippen LogP contribution in [-0.2, 0) is 6.54 Å². The molecule has 5 nitrogen and oxygen atoms in total. The van der Waals surface area contributed by atoms with Crippen molar-refractivity contribution < 1.29 is 4.79 Å². The highest BCUT2D eigenvalue weighted by atomic mass is 16.2. The molecule has 1 atom stereocenters. The Morgan fingerprint density at radius 2 is 1.88 bits per heavy atom. The number of para-hydroxylation sites is 1. The number of amides is 1. The van der Waals surface area contributed by atoms with Crippen molar-refractivity contribution in [2.75, 3.05) is 5.32 Å². The summed E-state index contributed by atoms with van der Waals surface area (Å²) in [7, 11) is 0. The molecule has 4 rings (SSSR count). The molecule has 1 aromatic carbocycles. The van der Waals surface area contributed by atoms with Gasteiger partial charge in [0.1, 0.15) is 6.17 Å². The molecule has 118 valence electrons. The first-order valence-corrected chi connectivity index (χ1v) is 7.79. The predicted octanol–water partition coefficient (Wildman–Crippen LogP) is 3.24. The van der Waals surface area contributed by atoms with E-state index in [1.165, 1.54) is 0 Å². The number of nitrogens with one attached hydrogen (secondary N) is 1. The summed E-state index contributed by atoms with van der Waals surface area (Å²) in [4.78, 5) is 23.4. The number of anilines is 1. The third-order valence-electron chi connectivity index (χ3n) is 4.07. The highest BCUT2D eigenvalue weighted by Gasteiger charge is 2.33. The molecule has 0 saturated heterocycles. The van der Waals surface area contributed by atoms with Crippen molar-refractivity contribution in [3.05, 3.63) is 90.0 Å². The molecule has 0 bridgehead atoms. The van der Waals surface area contributed by atoms with Crippen molar-refractivity contribution in [3.8, 4) is 0 Å². The second-order valence-corrected chi connectivity index (χ2v) is 5.64. The van der Waals surface area contributed by atoms with Gasteiger partial charge in [0.15, 0.2) is 0 Å². The Bertz CT molecular complexity index is 852. The van der Waals surface area contributed by atoms with Gasteiger partial charge in [-0.05, 0) is 35.9 Å². The van der Waals surface area contributed by atoms with Gasteiger partial charge in [-0.1, -0.05) is 24.3 Å². The molecular formula is C19H16N4O. The lowest BCUT2D eigenvalue weighted by Crippen LogP contribution is -2.42. The number of pyridine rings is 2. The molecule has 0 fully saturated rings. The van der Waals surface area contributed by atoms with E-state index in [0.29, 0.717) is 12.1 Å². The summed E-state index contributed by atoms with van der Waals surface area (Å²) in [5.41, 5.74) is 3.30. The second kappa shape index (κ2) is 6.12. The molecule has 0 radical (unpaired) electrons. The van der Waals surface area contributed by atoms with Gasteiger partial charge in [0.05, 0.1) is 11.3 Å². The largest absolute Gasteiger partial charge is 0.359 e. The van der Waals surface area contributed by atoms with Crippen molar-refractivity contribution >= 4 is 11.6 Å². The summed E-state index contributed by atoms with van der Waals surface area (Å²) >= 11 is 0. The summed E-state index contributed by atoms with van der Waals surface area (Å²) < 4.78 is 0. The van der Waals surface area contributed by atoms with Crippen LogP contribution in [0.4, 0.5) is 5.69 Å². The Kier molecular flexibility index (Phi) is 3.67. The number of hydrogen-bond donors (Lipinski definition) is 1. The molecule has 1 aliphatic rings. The van der Waals surface area contributed by atoms with E-state index in [4.69, 9.17) is 0 Å². The van der Waals surface area contributed by atoms with Crippen LogP contribution in [-0.4, -0.2) is 20.8 Å². The van der Waals surface area contributed by atoms with Crippen molar-refractivity contribution in [3.63, 3.8) is 0 Å². The van der Waals surface area contributed by atoms with Crippen LogP contribution >= 0.6 is 0 Å². The van der Waals surface area contributed by atoms with Crippen LogP contribution in [0.5, 0.6) is 0 Å². The average Bonchev–Trinajstić information content (AvgIpc) is 2.65. The van der Waals surface area contributed by atoms with Gasteiger partial charge >= 0.3 is 0 Å². The number of aromatic nitrogens is 2. The monoisotopic (exact) mass is 316 g/mol. The van der Waals surface area contributed by atoms with Crippen molar-refractivity contribution in [1.29, 1.82) is 0 Å². The standard InChI is InChI=1S/C19H16N4O/c24-19-15-7-1-2-8-16(15)22-18(17-9-3-4-11-21-17)23(19)13-14-6-5-10-20-12-14/h1-12,18,22H,13H2/t18-/m0/s1. The minimum atomic E-state index is -0.311. The summed E-state index contributed by atoms with van der Waals surface area (Å²) in [6.07, 6.45) is 4.94. The molecule has 0 aliphatic carbocycles.